The highest BCUT2D eigenvalue weighted by Gasteiger charge is 2.10. The van der Waals surface area contributed by atoms with Crippen LogP contribution in [-0.4, -0.2) is 25.6 Å². The van der Waals surface area contributed by atoms with Gasteiger partial charge in [0.05, 0.1) is 11.2 Å². The molecule has 0 spiro atoms. The van der Waals surface area contributed by atoms with Crippen molar-refractivity contribution in [3.8, 4) is 22.6 Å². The van der Waals surface area contributed by atoms with Gasteiger partial charge >= 0.3 is 0 Å². The first-order valence-electron chi connectivity index (χ1n) is 8.02. The molecule has 5 nitrogen and oxygen atoms in total. The molecule has 0 saturated carbocycles. The van der Waals surface area contributed by atoms with Gasteiger partial charge in [-0.05, 0) is 16.7 Å². The molecular weight excluding hydrogens is 310 g/mol. The molecule has 3 aromatic carbocycles. The number of nitrogens with one attached hydrogen (secondary N) is 1. The first kappa shape index (κ1) is 13.8. The Morgan fingerprint density at radius 3 is 2.08 bits per heavy atom. The number of fused-ring (bicyclic) bond motifs is 3. The predicted octanol–water partition coefficient (Wildman–Crippen LogP) is 4.24. The Bertz CT molecular complexity index is 1180. The number of rotatable bonds is 2. The van der Waals surface area contributed by atoms with Crippen molar-refractivity contribution in [2.24, 2.45) is 0 Å². The van der Waals surface area contributed by atoms with Crippen LogP contribution in [0.4, 0.5) is 0 Å². The third kappa shape index (κ3) is 2.25. The highest BCUT2D eigenvalue weighted by Crippen LogP contribution is 2.32. The molecule has 2 heterocycles. The Morgan fingerprint density at radius 1 is 0.640 bits per heavy atom. The van der Waals surface area contributed by atoms with E-state index in [9.17, 15) is 0 Å². The molecule has 0 radical (unpaired) electrons. The van der Waals surface area contributed by atoms with Crippen LogP contribution in [0.15, 0.2) is 72.8 Å². The van der Waals surface area contributed by atoms with E-state index in [1.54, 1.807) is 0 Å². The van der Waals surface area contributed by atoms with Gasteiger partial charge in [0.1, 0.15) is 0 Å². The summed E-state index contributed by atoms with van der Waals surface area (Å²) in [7, 11) is 0. The van der Waals surface area contributed by atoms with Crippen LogP contribution in [0.5, 0.6) is 0 Å². The third-order valence-electron chi connectivity index (χ3n) is 4.37. The fourth-order valence-electron chi connectivity index (χ4n) is 3.19. The summed E-state index contributed by atoms with van der Waals surface area (Å²) in [6.07, 6.45) is 0. The molecule has 0 bridgehead atoms. The summed E-state index contributed by atoms with van der Waals surface area (Å²) >= 11 is 0. The normalized spacial score (nSPS) is 11.2. The van der Waals surface area contributed by atoms with Gasteiger partial charge in [-0.1, -0.05) is 66.7 Å². The van der Waals surface area contributed by atoms with Crippen molar-refractivity contribution < 1.29 is 0 Å². The summed E-state index contributed by atoms with van der Waals surface area (Å²) in [6, 6.07) is 24.7. The predicted molar refractivity (Wildman–Crippen MR) is 97.9 cm³/mol. The lowest BCUT2D eigenvalue weighted by Gasteiger charge is -2.10. The van der Waals surface area contributed by atoms with Gasteiger partial charge in [0.2, 0.25) is 5.82 Å². The highest BCUT2D eigenvalue weighted by molar-refractivity contribution is 6.10. The number of para-hydroxylation sites is 1. The number of pyridine rings is 1. The fourth-order valence-corrected chi connectivity index (χ4v) is 3.19. The first-order valence-corrected chi connectivity index (χ1v) is 8.02. The van der Waals surface area contributed by atoms with E-state index in [0.29, 0.717) is 5.82 Å². The van der Waals surface area contributed by atoms with E-state index in [4.69, 9.17) is 4.98 Å². The smallest absolute Gasteiger partial charge is 0.204 e. The van der Waals surface area contributed by atoms with Gasteiger partial charge in [-0.3, -0.25) is 0 Å². The summed E-state index contributed by atoms with van der Waals surface area (Å²) < 4.78 is 0. The molecule has 0 aliphatic heterocycles. The van der Waals surface area contributed by atoms with Crippen molar-refractivity contribution in [2.75, 3.05) is 0 Å². The minimum Gasteiger partial charge on any atom is -0.247 e. The van der Waals surface area contributed by atoms with E-state index in [0.717, 1.165) is 27.7 Å². The standard InChI is InChI=1S/C20H13N5/c1-2-7-17-15(5-1)16-6-3-4-8-18(16)21-19(17)13-9-11-14(12-10-13)20-22-24-25-23-20/h1-12H,(H,22,23,24,25). The molecule has 1 N–H and O–H groups in total. The molecule has 5 heteroatoms. The lowest BCUT2D eigenvalue weighted by atomic mass is 9.99. The van der Waals surface area contributed by atoms with Crippen molar-refractivity contribution in [2.45, 2.75) is 0 Å². The average Bonchev–Trinajstić information content (AvgIpc) is 3.22. The second kappa shape index (κ2) is 5.49. The Labute approximate surface area is 143 Å². The monoisotopic (exact) mass is 323 g/mol. The number of aromatic nitrogens is 5. The lowest BCUT2D eigenvalue weighted by Crippen LogP contribution is -1.90. The van der Waals surface area contributed by atoms with Crippen molar-refractivity contribution in [1.82, 2.24) is 25.6 Å². The van der Waals surface area contributed by atoms with Crippen LogP contribution < -0.4 is 0 Å². The second-order valence-electron chi connectivity index (χ2n) is 5.84. The lowest BCUT2D eigenvalue weighted by molar-refractivity contribution is 0.881. The van der Waals surface area contributed by atoms with E-state index in [2.05, 4.69) is 75.2 Å². The molecule has 5 aromatic rings. The SMILES string of the molecule is c1ccc2c(c1)nc(-c1ccc(-c3nn[nH]n3)cc1)c1ccccc12. The third-order valence-corrected chi connectivity index (χ3v) is 4.37. The number of tetrazole rings is 1. The van der Waals surface area contributed by atoms with Crippen LogP contribution in [0.2, 0.25) is 0 Å². The van der Waals surface area contributed by atoms with Gasteiger partial charge in [0.25, 0.3) is 0 Å². The van der Waals surface area contributed by atoms with Crippen molar-refractivity contribution in [3.63, 3.8) is 0 Å². The van der Waals surface area contributed by atoms with Gasteiger partial charge in [-0.15, -0.1) is 10.2 Å². The maximum atomic E-state index is 4.92. The van der Waals surface area contributed by atoms with Crippen LogP contribution in [0.1, 0.15) is 0 Å². The molecular formula is C20H13N5. The van der Waals surface area contributed by atoms with E-state index >= 15 is 0 Å². The van der Waals surface area contributed by atoms with Crippen LogP contribution in [0, 0.1) is 0 Å². The molecule has 118 valence electrons. The van der Waals surface area contributed by atoms with Gasteiger partial charge in [0.15, 0.2) is 0 Å². The topological polar surface area (TPSA) is 67.3 Å². The molecule has 0 aliphatic rings. The van der Waals surface area contributed by atoms with Crippen LogP contribution >= 0.6 is 0 Å². The van der Waals surface area contributed by atoms with Gasteiger partial charge in [-0.25, -0.2) is 4.98 Å². The molecule has 0 atom stereocenters. The molecule has 0 unspecified atom stereocenters. The van der Waals surface area contributed by atoms with Gasteiger partial charge < -0.3 is 0 Å². The highest BCUT2D eigenvalue weighted by atomic mass is 15.5. The number of hydrogen-bond acceptors (Lipinski definition) is 4. The number of nitrogens with zero attached hydrogens (tertiary/aromatic N) is 4. The minimum absolute atomic E-state index is 0.586. The Hall–Kier alpha value is -3.60. The van der Waals surface area contributed by atoms with Crippen molar-refractivity contribution in [3.05, 3.63) is 72.8 Å². The number of aromatic amines is 1. The Kier molecular flexibility index (Phi) is 3.03. The minimum atomic E-state index is 0.586. The Balaban J connectivity index is 1.74. The molecule has 5 rings (SSSR count). The fraction of sp³-hybridized carbons (Fsp3) is 0. The summed E-state index contributed by atoms with van der Waals surface area (Å²) in [5, 5.41) is 17.6. The van der Waals surface area contributed by atoms with Gasteiger partial charge in [-0.2, -0.15) is 5.21 Å². The van der Waals surface area contributed by atoms with E-state index in [1.807, 2.05) is 18.2 Å². The molecule has 25 heavy (non-hydrogen) atoms. The maximum absolute atomic E-state index is 4.92. The maximum Gasteiger partial charge on any atom is 0.204 e. The molecule has 2 aromatic heterocycles. The number of benzene rings is 3. The molecule has 0 aliphatic carbocycles. The zero-order valence-electron chi connectivity index (χ0n) is 13.2. The van der Waals surface area contributed by atoms with Crippen LogP contribution in [0.25, 0.3) is 44.3 Å². The summed E-state index contributed by atoms with van der Waals surface area (Å²) in [6.45, 7) is 0. The molecule has 0 saturated heterocycles. The van der Waals surface area contributed by atoms with E-state index in [1.165, 1.54) is 10.8 Å². The summed E-state index contributed by atoms with van der Waals surface area (Å²) in [4.78, 5) is 4.92. The van der Waals surface area contributed by atoms with Crippen LogP contribution in [0.3, 0.4) is 0 Å². The molecule has 0 amide bonds. The summed E-state index contributed by atoms with van der Waals surface area (Å²) in [5.41, 5.74) is 3.96. The molecule has 0 fully saturated rings. The summed E-state index contributed by atoms with van der Waals surface area (Å²) in [5.74, 6) is 0.586. The quantitative estimate of drug-likeness (QED) is 0.494. The van der Waals surface area contributed by atoms with Crippen LogP contribution in [-0.2, 0) is 0 Å². The number of hydrogen-bond donors (Lipinski definition) is 1. The van der Waals surface area contributed by atoms with Crippen molar-refractivity contribution in [1.29, 1.82) is 0 Å². The zero-order valence-corrected chi connectivity index (χ0v) is 13.2. The number of H-pyrrole nitrogens is 1. The zero-order chi connectivity index (χ0) is 16.6. The average molecular weight is 323 g/mol. The van der Waals surface area contributed by atoms with E-state index in [-0.39, 0.29) is 0 Å². The van der Waals surface area contributed by atoms with Crippen molar-refractivity contribution >= 4 is 21.7 Å². The van der Waals surface area contributed by atoms with E-state index < -0.39 is 0 Å². The largest absolute Gasteiger partial charge is 0.247 e. The first-order chi connectivity index (χ1) is 12.4. The van der Waals surface area contributed by atoms with Gasteiger partial charge in [0, 0.05) is 21.9 Å². The Morgan fingerprint density at radius 2 is 1.32 bits per heavy atom. The second-order valence-corrected chi connectivity index (χ2v) is 5.84.